The molecule has 1 aromatic carbocycles. The van der Waals surface area contributed by atoms with E-state index in [9.17, 15) is 9.59 Å². The summed E-state index contributed by atoms with van der Waals surface area (Å²) in [4.78, 5) is 24.5. The number of para-hydroxylation sites is 1. The highest BCUT2D eigenvalue weighted by atomic mass is 16.4. The van der Waals surface area contributed by atoms with E-state index in [1.54, 1.807) is 10.7 Å². The summed E-state index contributed by atoms with van der Waals surface area (Å²) in [6.07, 6.45) is 8.14. The number of fused-ring (bicyclic) bond motifs is 3. The number of rotatable bonds is 7. The molecule has 2 heterocycles. The van der Waals surface area contributed by atoms with Crippen LogP contribution in [-0.4, -0.2) is 35.3 Å². The van der Waals surface area contributed by atoms with Gasteiger partial charge in [-0.3, -0.25) is 9.48 Å². The maximum absolute atomic E-state index is 12.3. The molecule has 4 rings (SSSR count). The monoisotopic (exact) mass is 382 g/mol. The highest BCUT2D eigenvalue weighted by molar-refractivity contribution is 6.02. The van der Waals surface area contributed by atoms with Crippen LogP contribution < -0.4 is 16.3 Å². The minimum Gasteiger partial charge on any atom is -0.422 e. The van der Waals surface area contributed by atoms with Crippen molar-refractivity contribution in [3.05, 3.63) is 40.9 Å². The standard InChI is InChI=1S/C21H26N4O3/c26-19(23-11-10-22-12-15-6-2-1-3-7-15)14-25-20-16-8-4-5-9-18(16)28-21(27)17(20)13-24-25/h4-5,8-9,13,15,22H,1-3,6-7,10-12,14H2,(H,23,26). The normalized spacial score (nSPS) is 15.3. The van der Waals surface area contributed by atoms with Gasteiger partial charge in [0.25, 0.3) is 0 Å². The van der Waals surface area contributed by atoms with Crippen molar-refractivity contribution in [3.63, 3.8) is 0 Å². The molecule has 0 unspecified atom stereocenters. The SMILES string of the molecule is O=C(Cn1ncc2c(=O)oc3ccccc3c21)NCCNCC1CCCCC1. The summed E-state index contributed by atoms with van der Waals surface area (Å²) in [6.45, 7) is 2.43. The fraction of sp³-hybridized carbons (Fsp3) is 0.476. The summed E-state index contributed by atoms with van der Waals surface area (Å²) < 4.78 is 6.89. The van der Waals surface area contributed by atoms with Crippen LogP contribution in [0.4, 0.5) is 0 Å². The van der Waals surface area contributed by atoms with Gasteiger partial charge in [-0.25, -0.2) is 4.79 Å². The maximum Gasteiger partial charge on any atom is 0.347 e. The van der Waals surface area contributed by atoms with Crippen molar-refractivity contribution in [1.82, 2.24) is 20.4 Å². The van der Waals surface area contributed by atoms with Crippen molar-refractivity contribution in [2.75, 3.05) is 19.6 Å². The molecule has 0 saturated heterocycles. The number of carbonyl (C=O) groups is 1. The lowest BCUT2D eigenvalue weighted by Crippen LogP contribution is -2.35. The summed E-state index contributed by atoms with van der Waals surface area (Å²) in [6, 6.07) is 7.29. The first-order chi connectivity index (χ1) is 13.7. The molecule has 1 saturated carbocycles. The topological polar surface area (TPSA) is 89.2 Å². The maximum atomic E-state index is 12.3. The third-order valence-corrected chi connectivity index (χ3v) is 5.48. The van der Waals surface area contributed by atoms with Crippen LogP contribution in [0.15, 0.2) is 39.7 Å². The molecule has 1 aliphatic carbocycles. The van der Waals surface area contributed by atoms with Crippen molar-refractivity contribution < 1.29 is 9.21 Å². The lowest BCUT2D eigenvalue weighted by atomic mass is 9.89. The second kappa shape index (κ2) is 8.56. The van der Waals surface area contributed by atoms with Gasteiger partial charge in [0.2, 0.25) is 5.91 Å². The molecule has 2 N–H and O–H groups in total. The summed E-state index contributed by atoms with van der Waals surface area (Å²) in [5, 5.41) is 11.8. The van der Waals surface area contributed by atoms with Crippen LogP contribution in [0.3, 0.4) is 0 Å². The highest BCUT2D eigenvalue weighted by Gasteiger charge is 2.15. The van der Waals surface area contributed by atoms with E-state index in [0.717, 1.165) is 24.4 Å². The van der Waals surface area contributed by atoms with Gasteiger partial charge in [-0.15, -0.1) is 0 Å². The summed E-state index contributed by atoms with van der Waals surface area (Å²) in [5.41, 5.74) is 0.693. The number of carbonyl (C=O) groups excluding carboxylic acids is 1. The van der Waals surface area contributed by atoms with Crippen LogP contribution in [0.5, 0.6) is 0 Å². The summed E-state index contributed by atoms with van der Waals surface area (Å²) in [5.74, 6) is 0.654. The van der Waals surface area contributed by atoms with Crippen molar-refractivity contribution in [3.8, 4) is 0 Å². The first kappa shape index (κ1) is 18.7. The molecule has 0 atom stereocenters. The molecule has 1 amide bonds. The fourth-order valence-corrected chi connectivity index (χ4v) is 4.02. The second-order valence-electron chi connectivity index (χ2n) is 7.51. The lowest BCUT2D eigenvalue weighted by molar-refractivity contribution is -0.121. The lowest BCUT2D eigenvalue weighted by Gasteiger charge is -2.21. The van der Waals surface area contributed by atoms with Crippen LogP contribution in [0.2, 0.25) is 0 Å². The van der Waals surface area contributed by atoms with Crippen LogP contribution in [-0.2, 0) is 11.3 Å². The fourth-order valence-electron chi connectivity index (χ4n) is 4.02. The zero-order valence-corrected chi connectivity index (χ0v) is 15.9. The average molecular weight is 382 g/mol. The highest BCUT2D eigenvalue weighted by Crippen LogP contribution is 2.23. The Hall–Kier alpha value is -2.67. The van der Waals surface area contributed by atoms with Crippen LogP contribution >= 0.6 is 0 Å². The molecule has 7 nitrogen and oxygen atoms in total. The van der Waals surface area contributed by atoms with E-state index >= 15 is 0 Å². The Labute approximate surface area is 163 Å². The van der Waals surface area contributed by atoms with Gasteiger partial charge >= 0.3 is 5.63 Å². The van der Waals surface area contributed by atoms with Gasteiger partial charge in [0.1, 0.15) is 17.5 Å². The Kier molecular flexibility index (Phi) is 5.71. The Bertz CT molecular complexity index is 1020. The van der Waals surface area contributed by atoms with Crippen molar-refractivity contribution in [2.45, 2.75) is 38.6 Å². The minimum atomic E-state index is -0.438. The first-order valence-electron chi connectivity index (χ1n) is 10.1. The van der Waals surface area contributed by atoms with Gasteiger partial charge in [0.05, 0.1) is 11.7 Å². The molecule has 3 aromatic rings. The predicted octanol–water partition coefficient (Wildman–Crippen LogP) is 2.43. The molecule has 0 spiro atoms. The molecule has 0 bridgehead atoms. The molecular formula is C21H26N4O3. The number of nitrogens with zero attached hydrogens (tertiary/aromatic N) is 2. The molecule has 1 aliphatic rings. The van der Waals surface area contributed by atoms with Crippen LogP contribution in [0, 0.1) is 5.92 Å². The van der Waals surface area contributed by atoms with Crippen LogP contribution in [0.25, 0.3) is 21.9 Å². The summed E-state index contributed by atoms with van der Waals surface area (Å²) >= 11 is 0. The molecule has 2 aromatic heterocycles. The van der Waals surface area contributed by atoms with Gasteiger partial charge in [-0.2, -0.15) is 5.10 Å². The van der Waals surface area contributed by atoms with E-state index < -0.39 is 5.63 Å². The van der Waals surface area contributed by atoms with E-state index in [4.69, 9.17) is 4.42 Å². The molecule has 7 heteroatoms. The number of hydrogen-bond donors (Lipinski definition) is 2. The molecule has 1 fully saturated rings. The predicted molar refractivity (Wildman–Crippen MR) is 108 cm³/mol. The largest absolute Gasteiger partial charge is 0.422 e. The van der Waals surface area contributed by atoms with E-state index in [2.05, 4.69) is 15.7 Å². The number of nitrogens with one attached hydrogen (secondary N) is 2. The molecule has 0 aliphatic heterocycles. The second-order valence-corrected chi connectivity index (χ2v) is 7.51. The molecule has 148 valence electrons. The molecule has 0 radical (unpaired) electrons. The van der Waals surface area contributed by atoms with E-state index in [-0.39, 0.29) is 12.5 Å². The Morgan fingerprint density at radius 1 is 1.14 bits per heavy atom. The molecule has 28 heavy (non-hydrogen) atoms. The van der Waals surface area contributed by atoms with E-state index in [0.29, 0.717) is 23.0 Å². The van der Waals surface area contributed by atoms with Crippen LogP contribution in [0.1, 0.15) is 32.1 Å². The average Bonchev–Trinajstić information content (AvgIpc) is 3.13. The number of benzene rings is 1. The third-order valence-electron chi connectivity index (χ3n) is 5.48. The number of aromatic nitrogens is 2. The van der Waals surface area contributed by atoms with Gasteiger partial charge in [-0.1, -0.05) is 31.4 Å². The smallest absolute Gasteiger partial charge is 0.347 e. The Morgan fingerprint density at radius 3 is 2.82 bits per heavy atom. The zero-order valence-electron chi connectivity index (χ0n) is 15.9. The third kappa shape index (κ3) is 4.09. The summed E-state index contributed by atoms with van der Waals surface area (Å²) in [7, 11) is 0. The van der Waals surface area contributed by atoms with Gasteiger partial charge in [-0.05, 0) is 37.4 Å². The van der Waals surface area contributed by atoms with Gasteiger partial charge in [0, 0.05) is 18.5 Å². The Morgan fingerprint density at radius 2 is 1.96 bits per heavy atom. The number of hydrogen-bond acceptors (Lipinski definition) is 5. The van der Waals surface area contributed by atoms with E-state index in [1.807, 2.05) is 18.2 Å². The minimum absolute atomic E-state index is 0.0690. The first-order valence-corrected chi connectivity index (χ1v) is 10.1. The van der Waals surface area contributed by atoms with Gasteiger partial charge < -0.3 is 15.1 Å². The quantitative estimate of drug-likeness (QED) is 0.484. The molecular weight excluding hydrogens is 356 g/mol. The number of amides is 1. The van der Waals surface area contributed by atoms with Crippen molar-refractivity contribution in [1.29, 1.82) is 0 Å². The zero-order chi connectivity index (χ0) is 19.3. The van der Waals surface area contributed by atoms with Crippen molar-refractivity contribution >= 4 is 27.8 Å². The Balaban J connectivity index is 1.34. The van der Waals surface area contributed by atoms with Crippen molar-refractivity contribution in [2.24, 2.45) is 5.92 Å². The van der Waals surface area contributed by atoms with E-state index in [1.165, 1.54) is 38.3 Å². The van der Waals surface area contributed by atoms with Gasteiger partial charge in [0.15, 0.2) is 0 Å².